The van der Waals surface area contributed by atoms with Gasteiger partial charge in [-0.05, 0) is 49.4 Å². The second kappa shape index (κ2) is 5.63. The molecule has 2 heteroatoms. The first-order chi connectivity index (χ1) is 8.29. The second-order valence-electron chi connectivity index (χ2n) is 5.36. The van der Waals surface area contributed by atoms with Gasteiger partial charge in [-0.2, -0.15) is 0 Å². The Bertz CT molecular complexity index is 336. The van der Waals surface area contributed by atoms with Crippen LogP contribution in [0.1, 0.15) is 45.1 Å². The molecule has 1 aromatic rings. The summed E-state index contributed by atoms with van der Waals surface area (Å²) in [4.78, 5) is 4.15. The minimum atomic E-state index is 0.345. The molecule has 1 heterocycles. The van der Waals surface area contributed by atoms with E-state index >= 15 is 0 Å². The normalized spacial score (nSPS) is 28.5. The predicted octanol–water partition coefficient (Wildman–Crippen LogP) is 3.14. The Morgan fingerprint density at radius 1 is 1.41 bits per heavy atom. The van der Waals surface area contributed by atoms with Gasteiger partial charge in [-0.3, -0.25) is 4.98 Å². The van der Waals surface area contributed by atoms with Gasteiger partial charge in [0.1, 0.15) is 0 Å². The highest BCUT2D eigenvalue weighted by atomic mass is 14.9. The van der Waals surface area contributed by atoms with E-state index in [-0.39, 0.29) is 0 Å². The maximum atomic E-state index is 4.15. The van der Waals surface area contributed by atoms with E-state index in [1.165, 1.54) is 31.2 Å². The molecule has 0 bridgehead atoms. The smallest absolute Gasteiger partial charge is 0.0270 e. The van der Waals surface area contributed by atoms with E-state index in [2.05, 4.69) is 36.3 Å². The largest absolute Gasteiger partial charge is 0.316 e. The topological polar surface area (TPSA) is 24.9 Å². The van der Waals surface area contributed by atoms with Crippen molar-refractivity contribution in [1.29, 1.82) is 0 Å². The molecule has 1 aliphatic carbocycles. The lowest BCUT2D eigenvalue weighted by Gasteiger charge is -2.35. The number of pyridine rings is 1. The van der Waals surface area contributed by atoms with E-state index in [1.54, 1.807) is 0 Å². The van der Waals surface area contributed by atoms with Crippen LogP contribution in [0.4, 0.5) is 0 Å². The average Bonchev–Trinajstić information content (AvgIpc) is 2.74. The third-order valence-corrected chi connectivity index (χ3v) is 4.33. The third-order valence-electron chi connectivity index (χ3n) is 4.33. The maximum Gasteiger partial charge on any atom is 0.0270 e. The van der Waals surface area contributed by atoms with Crippen LogP contribution in [0.3, 0.4) is 0 Å². The molecular weight excluding hydrogens is 208 g/mol. The lowest BCUT2D eigenvalue weighted by atomic mass is 9.73. The average molecular weight is 232 g/mol. The van der Waals surface area contributed by atoms with Crippen molar-refractivity contribution in [3.8, 4) is 0 Å². The SMILES string of the molecule is CCCNCC1(c2ccncc2)CCCC1C. The molecule has 0 saturated heterocycles. The summed E-state index contributed by atoms with van der Waals surface area (Å²) >= 11 is 0. The summed E-state index contributed by atoms with van der Waals surface area (Å²) in [5, 5.41) is 3.63. The molecule has 1 aliphatic rings. The molecule has 2 rings (SSSR count). The van der Waals surface area contributed by atoms with Crippen LogP contribution in [0.25, 0.3) is 0 Å². The molecule has 94 valence electrons. The lowest BCUT2D eigenvalue weighted by Crippen LogP contribution is -2.40. The minimum absolute atomic E-state index is 0.345. The fourth-order valence-electron chi connectivity index (χ4n) is 3.21. The summed E-state index contributed by atoms with van der Waals surface area (Å²) in [6.45, 7) is 6.87. The Hall–Kier alpha value is -0.890. The van der Waals surface area contributed by atoms with Gasteiger partial charge in [0.2, 0.25) is 0 Å². The molecular formula is C15H24N2. The van der Waals surface area contributed by atoms with Gasteiger partial charge in [0.05, 0.1) is 0 Å². The van der Waals surface area contributed by atoms with Crippen molar-refractivity contribution in [1.82, 2.24) is 10.3 Å². The first kappa shape index (κ1) is 12.6. The van der Waals surface area contributed by atoms with Crippen LogP contribution in [-0.2, 0) is 5.41 Å². The quantitative estimate of drug-likeness (QED) is 0.789. The van der Waals surface area contributed by atoms with E-state index in [1.807, 2.05) is 12.4 Å². The van der Waals surface area contributed by atoms with Crippen LogP contribution in [0.5, 0.6) is 0 Å². The standard InChI is InChI=1S/C15H24N2/c1-3-9-17-12-15(8-4-5-13(15)2)14-6-10-16-11-7-14/h6-7,10-11,13,17H,3-5,8-9,12H2,1-2H3. The van der Waals surface area contributed by atoms with Gasteiger partial charge in [-0.1, -0.05) is 20.3 Å². The molecule has 1 fully saturated rings. The number of hydrogen-bond donors (Lipinski definition) is 1. The maximum absolute atomic E-state index is 4.15. The van der Waals surface area contributed by atoms with Gasteiger partial charge in [0, 0.05) is 24.4 Å². The van der Waals surface area contributed by atoms with Crippen LogP contribution in [0.15, 0.2) is 24.5 Å². The molecule has 1 saturated carbocycles. The first-order valence-electron chi connectivity index (χ1n) is 6.91. The molecule has 1 N–H and O–H groups in total. The van der Waals surface area contributed by atoms with Crippen LogP contribution in [0.2, 0.25) is 0 Å². The summed E-state index contributed by atoms with van der Waals surface area (Å²) in [6.07, 6.45) is 9.10. The molecule has 2 unspecified atom stereocenters. The summed E-state index contributed by atoms with van der Waals surface area (Å²) in [5.74, 6) is 0.772. The molecule has 0 aliphatic heterocycles. The van der Waals surface area contributed by atoms with E-state index in [4.69, 9.17) is 0 Å². The van der Waals surface area contributed by atoms with Crippen molar-refractivity contribution in [3.63, 3.8) is 0 Å². The lowest BCUT2D eigenvalue weighted by molar-refractivity contribution is 0.318. The van der Waals surface area contributed by atoms with Crippen molar-refractivity contribution in [3.05, 3.63) is 30.1 Å². The molecule has 0 radical (unpaired) electrons. The highest BCUT2D eigenvalue weighted by molar-refractivity contribution is 5.26. The Labute approximate surface area is 105 Å². The summed E-state index contributed by atoms with van der Waals surface area (Å²) in [5.41, 5.74) is 1.82. The summed E-state index contributed by atoms with van der Waals surface area (Å²) < 4.78 is 0. The van der Waals surface area contributed by atoms with Crippen LogP contribution >= 0.6 is 0 Å². The van der Waals surface area contributed by atoms with Gasteiger partial charge in [0.15, 0.2) is 0 Å². The minimum Gasteiger partial charge on any atom is -0.316 e. The zero-order valence-corrected chi connectivity index (χ0v) is 11.1. The van der Waals surface area contributed by atoms with E-state index in [0.717, 1.165) is 19.0 Å². The molecule has 0 spiro atoms. The van der Waals surface area contributed by atoms with Gasteiger partial charge in [0.25, 0.3) is 0 Å². The van der Waals surface area contributed by atoms with Gasteiger partial charge in [-0.25, -0.2) is 0 Å². The van der Waals surface area contributed by atoms with Crippen LogP contribution in [0, 0.1) is 5.92 Å². The van der Waals surface area contributed by atoms with E-state index in [9.17, 15) is 0 Å². The van der Waals surface area contributed by atoms with Crippen molar-refractivity contribution >= 4 is 0 Å². The van der Waals surface area contributed by atoms with Crippen molar-refractivity contribution in [2.75, 3.05) is 13.1 Å². The number of hydrogen-bond acceptors (Lipinski definition) is 2. The fourth-order valence-corrected chi connectivity index (χ4v) is 3.21. The van der Waals surface area contributed by atoms with Crippen LogP contribution in [-0.4, -0.2) is 18.1 Å². The van der Waals surface area contributed by atoms with Crippen molar-refractivity contribution < 1.29 is 0 Å². The fraction of sp³-hybridized carbons (Fsp3) is 0.667. The molecule has 2 atom stereocenters. The molecule has 0 amide bonds. The van der Waals surface area contributed by atoms with E-state index < -0.39 is 0 Å². The molecule has 2 nitrogen and oxygen atoms in total. The predicted molar refractivity (Wildman–Crippen MR) is 72.1 cm³/mol. The highest BCUT2D eigenvalue weighted by Crippen LogP contribution is 2.44. The van der Waals surface area contributed by atoms with E-state index in [0.29, 0.717) is 5.41 Å². The highest BCUT2D eigenvalue weighted by Gasteiger charge is 2.41. The zero-order valence-electron chi connectivity index (χ0n) is 11.1. The molecule has 17 heavy (non-hydrogen) atoms. The zero-order chi connectivity index (χ0) is 12.1. The van der Waals surface area contributed by atoms with Gasteiger partial charge in [-0.15, -0.1) is 0 Å². The third kappa shape index (κ3) is 2.52. The Balaban J connectivity index is 2.18. The number of nitrogens with one attached hydrogen (secondary N) is 1. The Kier molecular flexibility index (Phi) is 4.16. The Morgan fingerprint density at radius 2 is 2.18 bits per heavy atom. The van der Waals surface area contributed by atoms with Gasteiger partial charge < -0.3 is 5.32 Å². The summed E-state index contributed by atoms with van der Waals surface area (Å²) in [6, 6.07) is 4.41. The monoisotopic (exact) mass is 232 g/mol. The number of rotatable bonds is 5. The molecule has 1 aromatic heterocycles. The number of nitrogens with zero attached hydrogens (tertiary/aromatic N) is 1. The van der Waals surface area contributed by atoms with Gasteiger partial charge >= 0.3 is 0 Å². The van der Waals surface area contributed by atoms with Crippen molar-refractivity contribution in [2.24, 2.45) is 5.92 Å². The second-order valence-corrected chi connectivity index (χ2v) is 5.36. The van der Waals surface area contributed by atoms with Crippen molar-refractivity contribution in [2.45, 2.75) is 44.9 Å². The van der Waals surface area contributed by atoms with Crippen LogP contribution < -0.4 is 5.32 Å². The molecule has 0 aromatic carbocycles. The first-order valence-corrected chi connectivity index (χ1v) is 6.91. The Morgan fingerprint density at radius 3 is 2.76 bits per heavy atom. The summed E-state index contributed by atoms with van der Waals surface area (Å²) in [7, 11) is 0. The number of aromatic nitrogens is 1.